The third-order valence-electron chi connectivity index (χ3n) is 17.4. The minimum Gasteiger partial charge on any atom is -0.309 e. The molecule has 16 aromatic rings. The molecule has 0 heterocycles. The number of nitrogens with zero attached hydrogens (tertiary/aromatic N) is 2. The van der Waals surface area contributed by atoms with Crippen LogP contribution < -0.4 is 9.80 Å². The molecule has 0 spiro atoms. The van der Waals surface area contributed by atoms with Gasteiger partial charge < -0.3 is 9.80 Å². The molecule has 0 unspecified atom stereocenters. The summed E-state index contributed by atoms with van der Waals surface area (Å²) < 4.78 is 0. The molecule has 0 aliphatic heterocycles. The summed E-state index contributed by atoms with van der Waals surface area (Å²) in [4.78, 5) is 5.14. The van der Waals surface area contributed by atoms with E-state index in [0.29, 0.717) is 0 Å². The highest BCUT2D eigenvalue weighted by atomic mass is 15.2. The first-order valence-electron chi connectivity index (χ1n) is 29.6. The average Bonchev–Trinajstić information content (AvgIpc) is 1.51. The zero-order valence-corrected chi connectivity index (χ0v) is 47.2. The highest BCUT2D eigenvalue weighted by molar-refractivity contribution is 6.29. The van der Waals surface area contributed by atoms with Crippen molar-refractivity contribution < 1.29 is 0 Å². The summed E-state index contributed by atoms with van der Waals surface area (Å²) >= 11 is 0. The highest BCUT2D eigenvalue weighted by Gasteiger charge is 2.28. The maximum Gasteiger partial charge on any atom is 0.0619 e. The Morgan fingerprint density at radius 1 is 0.174 bits per heavy atom. The Hall–Kier alpha value is -11.3. The smallest absolute Gasteiger partial charge is 0.0619 e. The monoisotopic (exact) mass is 1090 g/mol. The lowest BCUT2D eigenvalue weighted by molar-refractivity contribution is 1.31. The van der Waals surface area contributed by atoms with E-state index < -0.39 is 0 Å². The Labute approximate surface area is 501 Å². The van der Waals surface area contributed by atoms with Gasteiger partial charge in [-0.15, -0.1) is 0 Å². The minimum atomic E-state index is 1.07. The Bertz CT molecular complexity index is 5110. The summed E-state index contributed by atoms with van der Waals surface area (Å²) in [5.41, 5.74) is 20.5. The third kappa shape index (κ3) is 8.83. The molecule has 0 aromatic heterocycles. The van der Waals surface area contributed by atoms with Gasteiger partial charge in [0.1, 0.15) is 0 Å². The first kappa shape index (κ1) is 50.4. The van der Waals surface area contributed by atoms with Gasteiger partial charge in [0.05, 0.1) is 28.4 Å². The topological polar surface area (TPSA) is 6.48 Å². The van der Waals surface area contributed by atoms with Gasteiger partial charge in [-0.25, -0.2) is 0 Å². The van der Waals surface area contributed by atoms with Gasteiger partial charge in [-0.3, -0.25) is 0 Å². The van der Waals surface area contributed by atoms with Gasteiger partial charge in [-0.2, -0.15) is 0 Å². The summed E-state index contributed by atoms with van der Waals surface area (Å²) in [7, 11) is 0. The van der Waals surface area contributed by atoms with Crippen molar-refractivity contribution in [2.75, 3.05) is 9.80 Å². The zero-order valence-electron chi connectivity index (χ0n) is 47.2. The molecular weight excluding hydrogens is 1040 g/mol. The standard InChI is InChI=1S/C84H56N2/c1-7-21-57(22-8-1)60-39-47-70(48-40-60)85(83-72(62-29-15-5-16-30-62)49-41-64-35-37-68(55-76(64)83)58-23-9-2-10-24-58)79-53-45-66-44-52-75-80(54-46-67-43-51-74(79)81(66)82(67)75)86(78-34-20-19-33-71(78)61-27-13-4-14-28-61)84-73(63-31-17-6-18-32-63)50-42-65-36-38-69(56-77(65)84)59-25-11-3-12-26-59/h1-56H. The van der Waals surface area contributed by atoms with Crippen LogP contribution in [-0.4, -0.2) is 0 Å². The molecule has 402 valence electrons. The lowest BCUT2D eigenvalue weighted by atomic mass is 9.89. The quantitative estimate of drug-likeness (QED) is 0.113. The Morgan fingerprint density at radius 2 is 0.500 bits per heavy atom. The minimum absolute atomic E-state index is 1.07. The Balaban J connectivity index is 0.996. The van der Waals surface area contributed by atoms with Crippen LogP contribution in [0.3, 0.4) is 0 Å². The maximum absolute atomic E-state index is 2.59. The van der Waals surface area contributed by atoms with Gasteiger partial charge in [0.25, 0.3) is 0 Å². The maximum atomic E-state index is 2.59. The zero-order chi connectivity index (χ0) is 56.9. The van der Waals surface area contributed by atoms with Crippen LogP contribution in [-0.2, 0) is 0 Å². The van der Waals surface area contributed by atoms with Crippen molar-refractivity contribution in [2.24, 2.45) is 0 Å². The normalized spacial score (nSPS) is 11.5. The lowest BCUT2D eigenvalue weighted by Gasteiger charge is -2.33. The van der Waals surface area contributed by atoms with Gasteiger partial charge in [0.15, 0.2) is 0 Å². The van der Waals surface area contributed by atoms with Crippen LogP contribution in [0.2, 0.25) is 0 Å². The van der Waals surface area contributed by atoms with Gasteiger partial charge in [0, 0.05) is 43.9 Å². The largest absolute Gasteiger partial charge is 0.309 e. The van der Waals surface area contributed by atoms with Crippen molar-refractivity contribution in [3.8, 4) is 66.8 Å². The second kappa shape index (κ2) is 21.5. The van der Waals surface area contributed by atoms with Crippen molar-refractivity contribution in [1.29, 1.82) is 0 Å². The van der Waals surface area contributed by atoms with Crippen molar-refractivity contribution in [2.45, 2.75) is 0 Å². The van der Waals surface area contributed by atoms with Crippen molar-refractivity contribution in [3.05, 3.63) is 340 Å². The van der Waals surface area contributed by atoms with Crippen LogP contribution in [0.15, 0.2) is 340 Å². The number of hydrogen-bond acceptors (Lipinski definition) is 2. The molecule has 0 atom stereocenters. The second-order valence-electron chi connectivity index (χ2n) is 22.3. The van der Waals surface area contributed by atoms with Gasteiger partial charge in [0.2, 0.25) is 0 Å². The van der Waals surface area contributed by atoms with E-state index in [1.807, 2.05) is 0 Å². The fourth-order valence-corrected chi connectivity index (χ4v) is 13.3. The fourth-order valence-electron chi connectivity index (χ4n) is 13.3. The molecule has 0 radical (unpaired) electrons. The summed E-state index contributed by atoms with van der Waals surface area (Å²) in [6.45, 7) is 0. The Kier molecular flexibility index (Phi) is 12.6. The van der Waals surface area contributed by atoms with E-state index in [-0.39, 0.29) is 0 Å². The number of rotatable bonds is 12. The van der Waals surface area contributed by atoms with E-state index in [4.69, 9.17) is 0 Å². The first-order chi connectivity index (χ1) is 42.7. The van der Waals surface area contributed by atoms with E-state index in [1.54, 1.807) is 0 Å². The number of fused-ring (bicyclic) bond motifs is 2. The predicted octanol–water partition coefficient (Wildman–Crippen LogP) is 23.8. The van der Waals surface area contributed by atoms with Gasteiger partial charge in [-0.05, 0) is 125 Å². The SMILES string of the molecule is c1ccc(-c2ccc(N(c3c(-c4ccccc4)ccc4ccc(-c5ccccc5)cc34)c3ccc4ccc5c(N(c6ccccc6-c6ccccc6)c6c(-c7ccccc7)ccc7ccc(-c8ccccc8)cc67)ccc6ccc3c4c65)cc2)cc1. The number of hydrogen-bond donors (Lipinski definition) is 0. The molecule has 16 aromatic carbocycles. The van der Waals surface area contributed by atoms with Gasteiger partial charge >= 0.3 is 0 Å². The molecule has 0 bridgehead atoms. The van der Waals surface area contributed by atoms with E-state index in [1.165, 1.54) is 76.5 Å². The number of benzene rings is 16. The number of para-hydroxylation sites is 1. The number of anilines is 6. The molecule has 0 fully saturated rings. The first-order valence-corrected chi connectivity index (χ1v) is 29.6. The van der Waals surface area contributed by atoms with E-state index >= 15 is 0 Å². The third-order valence-corrected chi connectivity index (χ3v) is 17.4. The van der Waals surface area contributed by atoms with Gasteiger partial charge in [-0.1, -0.05) is 297 Å². The molecule has 2 nitrogen and oxygen atoms in total. The molecule has 2 heteroatoms. The van der Waals surface area contributed by atoms with Crippen molar-refractivity contribution in [1.82, 2.24) is 0 Å². The molecular formula is C84H56N2. The molecule has 16 rings (SSSR count). The van der Waals surface area contributed by atoms with Crippen LogP contribution in [0, 0.1) is 0 Å². The Morgan fingerprint density at radius 3 is 0.965 bits per heavy atom. The summed E-state index contributed by atoms with van der Waals surface area (Å²) in [5.74, 6) is 0. The van der Waals surface area contributed by atoms with Crippen LogP contribution in [0.25, 0.3) is 121 Å². The highest BCUT2D eigenvalue weighted by Crippen LogP contribution is 2.54. The summed E-state index contributed by atoms with van der Waals surface area (Å²) in [5, 5.41) is 11.8. The molecule has 0 saturated carbocycles. The molecule has 0 aliphatic carbocycles. The molecule has 0 N–H and O–H groups in total. The predicted molar refractivity (Wildman–Crippen MR) is 367 cm³/mol. The molecule has 0 aliphatic rings. The van der Waals surface area contributed by atoms with Crippen LogP contribution in [0.5, 0.6) is 0 Å². The van der Waals surface area contributed by atoms with Crippen molar-refractivity contribution >= 4 is 88.0 Å². The van der Waals surface area contributed by atoms with E-state index in [2.05, 4.69) is 350 Å². The van der Waals surface area contributed by atoms with Crippen LogP contribution in [0.1, 0.15) is 0 Å². The van der Waals surface area contributed by atoms with Crippen LogP contribution >= 0.6 is 0 Å². The molecule has 0 saturated heterocycles. The van der Waals surface area contributed by atoms with Crippen LogP contribution in [0.4, 0.5) is 34.1 Å². The van der Waals surface area contributed by atoms with E-state index in [9.17, 15) is 0 Å². The summed E-state index contributed by atoms with van der Waals surface area (Å²) in [6, 6.07) is 125. The van der Waals surface area contributed by atoms with Crippen molar-refractivity contribution in [3.63, 3.8) is 0 Å². The van der Waals surface area contributed by atoms with E-state index in [0.717, 1.165) is 78.3 Å². The average molecular weight is 1090 g/mol. The molecule has 0 amide bonds. The lowest BCUT2D eigenvalue weighted by Crippen LogP contribution is -2.14. The second-order valence-corrected chi connectivity index (χ2v) is 22.3. The fraction of sp³-hybridized carbons (Fsp3) is 0. The summed E-state index contributed by atoms with van der Waals surface area (Å²) in [6.07, 6.45) is 0. The molecule has 86 heavy (non-hydrogen) atoms.